The first-order chi connectivity index (χ1) is 10.2. The predicted molar refractivity (Wildman–Crippen MR) is 82.7 cm³/mol. The molecule has 0 unspecified atom stereocenters. The van der Waals surface area contributed by atoms with Crippen LogP contribution in [0.1, 0.15) is 48.4 Å². The SMILES string of the molecule is Cc1cc(Br)c(O)c(C(=O)OCc2nc(C(C)(C)C)no2)c1. The molecule has 0 saturated carbocycles. The summed E-state index contributed by atoms with van der Waals surface area (Å²) in [6.07, 6.45) is 0. The number of hydrogen-bond donors (Lipinski definition) is 1. The Morgan fingerprint density at radius 1 is 1.41 bits per heavy atom. The van der Waals surface area contributed by atoms with E-state index in [4.69, 9.17) is 9.26 Å². The van der Waals surface area contributed by atoms with Crippen molar-refractivity contribution in [1.29, 1.82) is 0 Å². The van der Waals surface area contributed by atoms with Crippen LogP contribution in [-0.2, 0) is 16.8 Å². The summed E-state index contributed by atoms with van der Waals surface area (Å²) in [5.74, 6) is -0.0573. The molecular weight excluding hydrogens is 352 g/mol. The number of halogens is 1. The van der Waals surface area contributed by atoms with Crippen LogP contribution in [0.2, 0.25) is 0 Å². The van der Waals surface area contributed by atoms with Crippen molar-refractivity contribution >= 4 is 21.9 Å². The molecule has 1 aromatic heterocycles. The van der Waals surface area contributed by atoms with Gasteiger partial charge < -0.3 is 14.4 Å². The predicted octanol–water partition coefficient (Wildman–Crippen LogP) is 3.50. The van der Waals surface area contributed by atoms with Crippen molar-refractivity contribution in [2.45, 2.75) is 39.7 Å². The summed E-state index contributed by atoms with van der Waals surface area (Å²) in [4.78, 5) is 16.2. The number of ether oxygens (including phenoxy) is 1. The first kappa shape index (κ1) is 16.5. The second-order valence-electron chi connectivity index (χ2n) is 5.98. The number of carbonyl (C=O) groups excluding carboxylic acids is 1. The van der Waals surface area contributed by atoms with Crippen LogP contribution < -0.4 is 0 Å². The Bertz CT molecular complexity index is 704. The molecule has 118 valence electrons. The van der Waals surface area contributed by atoms with Crippen LogP contribution in [0, 0.1) is 6.92 Å². The standard InChI is InChI=1S/C15H17BrN2O4/c1-8-5-9(12(19)10(16)6-8)13(20)21-7-11-17-14(18-22-11)15(2,3)4/h5-6,19H,7H2,1-4H3. The molecule has 2 rings (SSSR count). The third-order valence-electron chi connectivity index (χ3n) is 2.89. The van der Waals surface area contributed by atoms with Crippen LogP contribution in [0.4, 0.5) is 0 Å². The van der Waals surface area contributed by atoms with Crippen molar-refractivity contribution in [1.82, 2.24) is 10.1 Å². The lowest BCUT2D eigenvalue weighted by molar-refractivity contribution is 0.0426. The van der Waals surface area contributed by atoms with E-state index in [0.717, 1.165) is 5.56 Å². The number of hydrogen-bond acceptors (Lipinski definition) is 6. The first-order valence-corrected chi connectivity index (χ1v) is 7.47. The maximum Gasteiger partial charge on any atom is 0.342 e. The molecule has 0 aliphatic rings. The molecule has 0 radical (unpaired) electrons. The van der Waals surface area contributed by atoms with Gasteiger partial charge in [0.05, 0.1) is 4.47 Å². The molecule has 1 N–H and O–H groups in total. The van der Waals surface area contributed by atoms with Crippen molar-refractivity contribution in [3.63, 3.8) is 0 Å². The summed E-state index contributed by atoms with van der Waals surface area (Å²) < 4.78 is 10.6. The summed E-state index contributed by atoms with van der Waals surface area (Å²) in [5, 5.41) is 13.8. The fourth-order valence-electron chi connectivity index (χ4n) is 1.71. The van der Waals surface area contributed by atoms with E-state index in [1.54, 1.807) is 12.1 Å². The van der Waals surface area contributed by atoms with E-state index in [1.807, 2.05) is 27.7 Å². The fraction of sp³-hybridized carbons (Fsp3) is 0.400. The molecule has 7 heteroatoms. The highest BCUT2D eigenvalue weighted by atomic mass is 79.9. The highest BCUT2D eigenvalue weighted by Crippen LogP contribution is 2.30. The van der Waals surface area contributed by atoms with Crippen molar-refractivity contribution in [2.75, 3.05) is 0 Å². The Balaban J connectivity index is 2.09. The average Bonchev–Trinajstić information content (AvgIpc) is 2.89. The number of aromatic hydroxyl groups is 1. The summed E-state index contributed by atoms with van der Waals surface area (Å²) in [7, 11) is 0. The maximum atomic E-state index is 12.1. The van der Waals surface area contributed by atoms with E-state index in [1.165, 1.54) is 0 Å². The number of phenolic OH excluding ortho intramolecular Hbond substituents is 1. The smallest absolute Gasteiger partial charge is 0.342 e. The van der Waals surface area contributed by atoms with E-state index in [-0.39, 0.29) is 29.2 Å². The second kappa shape index (κ2) is 6.08. The molecule has 0 amide bonds. The number of nitrogens with zero attached hydrogens (tertiary/aromatic N) is 2. The highest BCUT2D eigenvalue weighted by Gasteiger charge is 2.22. The molecule has 0 atom stereocenters. The van der Waals surface area contributed by atoms with Crippen LogP contribution >= 0.6 is 15.9 Å². The molecule has 2 aromatic rings. The topological polar surface area (TPSA) is 85.5 Å². The quantitative estimate of drug-likeness (QED) is 0.834. The zero-order valence-corrected chi connectivity index (χ0v) is 14.4. The van der Waals surface area contributed by atoms with Gasteiger partial charge in [-0.15, -0.1) is 0 Å². The highest BCUT2D eigenvalue weighted by molar-refractivity contribution is 9.10. The van der Waals surface area contributed by atoms with E-state index in [0.29, 0.717) is 10.3 Å². The number of rotatable bonds is 3. The van der Waals surface area contributed by atoms with Gasteiger partial charge in [-0.2, -0.15) is 4.98 Å². The van der Waals surface area contributed by atoms with Gasteiger partial charge in [0, 0.05) is 5.41 Å². The van der Waals surface area contributed by atoms with Crippen LogP contribution in [-0.4, -0.2) is 21.2 Å². The Kier molecular flexibility index (Phi) is 4.55. The molecule has 1 aromatic carbocycles. The number of aryl methyl sites for hydroxylation is 1. The minimum atomic E-state index is -0.655. The van der Waals surface area contributed by atoms with Gasteiger partial charge in [0.1, 0.15) is 11.3 Å². The van der Waals surface area contributed by atoms with Gasteiger partial charge in [-0.3, -0.25) is 0 Å². The van der Waals surface area contributed by atoms with Gasteiger partial charge in [-0.1, -0.05) is 25.9 Å². The molecule has 0 saturated heterocycles. The van der Waals surface area contributed by atoms with Crippen molar-refractivity contribution in [3.05, 3.63) is 39.4 Å². The summed E-state index contributed by atoms with van der Waals surface area (Å²) in [6.45, 7) is 7.53. The molecule has 6 nitrogen and oxygen atoms in total. The van der Waals surface area contributed by atoms with Crippen LogP contribution in [0.3, 0.4) is 0 Å². The summed E-state index contributed by atoms with van der Waals surface area (Å²) in [6, 6.07) is 3.26. The van der Waals surface area contributed by atoms with Gasteiger partial charge in [0.15, 0.2) is 12.4 Å². The third-order valence-corrected chi connectivity index (χ3v) is 3.50. The van der Waals surface area contributed by atoms with Gasteiger partial charge in [-0.05, 0) is 40.5 Å². The number of esters is 1. The van der Waals surface area contributed by atoms with Crippen LogP contribution in [0.25, 0.3) is 0 Å². The lowest BCUT2D eigenvalue weighted by Crippen LogP contribution is -2.13. The largest absolute Gasteiger partial charge is 0.506 e. The van der Waals surface area contributed by atoms with E-state index >= 15 is 0 Å². The minimum Gasteiger partial charge on any atom is -0.506 e. The maximum absolute atomic E-state index is 12.1. The van der Waals surface area contributed by atoms with Gasteiger partial charge in [-0.25, -0.2) is 4.79 Å². The van der Waals surface area contributed by atoms with Gasteiger partial charge >= 0.3 is 5.97 Å². The molecule has 0 spiro atoms. The Labute approximate surface area is 136 Å². The zero-order valence-electron chi connectivity index (χ0n) is 12.8. The molecule has 0 fully saturated rings. The molecule has 1 heterocycles. The van der Waals surface area contributed by atoms with E-state index in [2.05, 4.69) is 26.1 Å². The van der Waals surface area contributed by atoms with Gasteiger partial charge in [0.2, 0.25) is 0 Å². The molecular formula is C15H17BrN2O4. The molecule has 0 aliphatic carbocycles. The van der Waals surface area contributed by atoms with Gasteiger partial charge in [0.25, 0.3) is 5.89 Å². The summed E-state index contributed by atoms with van der Waals surface area (Å²) >= 11 is 3.19. The third kappa shape index (κ3) is 3.65. The van der Waals surface area contributed by atoms with E-state index < -0.39 is 5.97 Å². The number of benzene rings is 1. The summed E-state index contributed by atoms with van der Waals surface area (Å²) in [5.41, 5.74) is 0.665. The van der Waals surface area contributed by atoms with Crippen molar-refractivity contribution in [3.8, 4) is 5.75 Å². The van der Waals surface area contributed by atoms with E-state index in [9.17, 15) is 9.90 Å². The molecule has 0 aliphatic heterocycles. The fourth-order valence-corrected chi connectivity index (χ4v) is 2.29. The number of carbonyl (C=O) groups is 1. The molecule has 0 bridgehead atoms. The first-order valence-electron chi connectivity index (χ1n) is 6.68. The average molecular weight is 369 g/mol. The normalized spacial score (nSPS) is 11.5. The Morgan fingerprint density at radius 2 is 2.09 bits per heavy atom. The Morgan fingerprint density at radius 3 is 2.68 bits per heavy atom. The van der Waals surface area contributed by atoms with Crippen molar-refractivity contribution in [2.24, 2.45) is 0 Å². The number of phenols is 1. The zero-order chi connectivity index (χ0) is 16.5. The number of aromatic nitrogens is 2. The Hall–Kier alpha value is -1.89. The minimum absolute atomic E-state index is 0.0856. The lowest BCUT2D eigenvalue weighted by Gasteiger charge is -2.10. The monoisotopic (exact) mass is 368 g/mol. The second-order valence-corrected chi connectivity index (χ2v) is 6.84. The molecule has 22 heavy (non-hydrogen) atoms. The lowest BCUT2D eigenvalue weighted by atomic mass is 9.96. The van der Waals surface area contributed by atoms with Crippen LogP contribution in [0.15, 0.2) is 21.1 Å². The van der Waals surface area contributed by atoms with Crippen molar-refractivity contribution < 1.29 is 19.2 Å². The van der Waals surface area contributed by atoms with Crippen LogP contribution in [0.5, 0.6) is 5.75 Å².